The lowest BCUT2D eigenvalue weighted by Gasteiger charge is -2.32. The summed E-state index contributed by atoms with van der Waals surface area (Å²) in [6, 6.07) is 14.8. The predicted octanol–water partition coefficient (Wildman–Crippen LogP) is 3.41. The lowest BCUT2D eigenvalue weighted by molar-refractivity contribution is -0.136. The zero-order valence-electron chi connectivity index (χ0n) is 14.4. The maximum absolute atomic E-state index is 11.9. The molecule has 1 aromatic carbocycles. The molecule has 0 aliphatic carbocycles. The summed E-state index contributed by atoms with van der Waals surface area (Å²) in [5.41, 5.74) is 4.63. The van der Waals surface area contributed by atoms with E-state index in [-0.39, 0.29) is 12.5 Å². The Kier molecular flexibility index (Phi) is 5.26. The van der Waals surface area contributed by atoms with E-state index in [9.17, 15) is 4.79 Å². The summed E-state index contributed by atoms with van der Waals surface area (Å²) in [6.45, 7) is 3.78. The number of aryl methyl sites for hydroxylation is 1. The number of piperidine rings is 1. The molecule has 0 spiro atoms. The van der Waals surface area contributed by atoms with Gasteiger partial charge in [0.05, 0.1) is 0 Å². The lowest BCUT2D eigenvalue weighted by Crippen LogP contribution is -2.39. The van der Waals surface area contributed by atoms with Gasteiger partial charge < -0.3 is 9.64 Å². The Hall–Kier alpha value is -2.20. The van der Waals surface area contributed by atoms with Crippen LogP contribution < -0.4 is 0 Å². The third-order valence-corrected chi connectivity index (χ3v) is 4.61. The molecule has 0 radical (unpaired) electrons. The van der Waals surface area contributed by atoms with Gasteiger partial charge in [-0.3, -0.25) is 9.78 Å². The number of pyridine rings is 1. The number of amides is 1. The van der Waals surface area contributed by atoms with Gasteiger partial charge in [0.1, 0.15) is 6.61 Å². The molecule has 0 atom stereocenters. The topological polar surface area (TPSA) is 42.4 Å². The van der Waals surface area contributed by atoms with Crippen molar-refractivity contribution in [2.45, 2.75) is 25.7 Å². The first-order valence-electron chi connectivity index (χ1n) is 8.48. The molecule has 3 rings (SSSR count). The van der Waals surface area contributed by atoms with Crippen molar-refractivity contribution >= 4 is 5.91 Å². The zero-order valence-corrected chi connectivity index (χ0v) is 14.4. The SMILES string of the molecule is COCC(=O)N1CCC(c2cc(-c3ccccc3)cc(C)n2)CC1. The first-order valence-corrected chi connectivity index (χ1v) is 8.48. The Morgan fingerprint density at radius 1 is 1.17 bits per heavy atom. The van der Waals surface area contributed by atoms with Crippen LogP contribution in [0.2, 0.25) is 0 Å². The maximum Gasteiger partial charge on any atom is 0.248 e. The van der Waals surface area contributed by atoms with E-state index in [1.165, 1.54) is 11.1 Å². The highest BCUT2D eigenvalue weighted by Crippen LogP contribution is 2.30. The van der Waals surface area contributed by atoms with Gasteiger partial charge >= 0.3 is 0 Å². The molecule has 2 heterocycles. The number of rotatable bonds is 4. The highest BCUT2D eigenvalue weighted by molar-refractivity contribution is 5.77. The Balaban J connectivity index is 1.74. The molecule has 1 saturated heterocycles. The van der Waals surface area contributed by atoms with E-state index >= 15 is 0 Å². The monoisotopic (exact) mass is 324 g/mol. The number of carbonyl (C=O) groups is 1. The molecule has 24 heavy (non-hydrogen) atoms. The molecule has 4 nitrogen and oxygen atoms in total. The third kappa shape index (κ3) is 3.82. The van der Waals surface area contributed by atoms with E-state index < -0.39 is 0 Å². The third-order valence-electron chi connectivity index (χ3n) is 4.61. The van der Waals surface area contributed by atoms with Crippen molar-refractivity contribution < 1.29 is 9.53 Å². The van der Waals surface area contributed by atoms with Crippen LogP contribution in [0.3, 0.4) is 0 Å². The van der Waals surface area contributed by atoms with Gasteiger partial charge in [0.15, 0.2) is 0 Å². The van der Waals surface area contributed by atoms with Crippen LogP contribution in [-0.2, 0) is 9.53 Å². The molecule has 1 aliphatic rings. The van der Waals surface area contributed by atoms with Crippen LogP contribution in [0.15, 0.2) is 42.5 Å². The van der Waals surface area contributed by atoms with Gasteiger partial charge in [-0.1, -0.05) is 30.3 Å². The summed E-state index contributed by atoms with van der Waals surface area (Å²) in [5, 5.41) is 0. The molecule has 1 aliphatic heterocycles. The van der Waals surface area contributed by atoms with Gasteiger partial charge in [0.2, 0.25) is 5.91 Å². The number of hydrogen-bond acceptors (Lipinski definition) is 3. The van der Waals surface area contributed by atoms with E-state index in [1.807, 2.05) is 17.9 Å². The van der Waals surface area contributed by atoms with Crippen LogP contribution >= 0.6 is 0 Å². The quantitative estimate of drug-likeness (QED) is 0.865. The molecule has 1 amide bonds. The number of ether oxygens (including phenoxy) is 1. The van der Waals surface area contributed by atoms with E-state index in [0.29, 0.717) is 5.92 Å². The number of carbonyl (C=O) groups excluding carboxylic acids is 1. The summed E-state index contributed by atoms with van der Waals surface area (Å²) < 4.78 is 4.95. The first-order chi connectivity index (χ1) is 11.7. The number of aromatic nitrogens is 1. The smallest absolute Gasteiger partial charge is 0.248 e. The number of benzene rings is 1. The van der Waals surface area contributed by atoms with Crippen molar-refractivity contribution in [1.29, 1.82) is 0 Å². The predicted molar refractivity (Wildman–Crippen MR) is 94.8 cm³/mol. The molecule has 0 bridgehead atoms. The van der Waals surface area contributed by atoms with Crippen molar-refractivity contribution in [2.75, 3.05) is 26.8 Å². The van der Waals surface area contributed by atoms with Crippen LogP contribution in [0, 0.1) is 6.92 Å². The highest BCUT2D eigenvalue weighted by Gasteiger charge is 2.24. The summed E-state index contributed by atoms with van der Waals surface area (Å²) in [7, 11) is 1.56. The average molecular weight is 324 g/mol. The van der Waals surface area contributed by atoms with Crippen molar-refractivity contribution in [1.82, 2.24) is 9.88 Å². The standard InChI is InChI=1S/C20H24N2O2/c1-15-12-18(16-6-4-3-5-7-16)13-19(21-15)17-8-10-22(11-9-17)20(23)14-24-2/h3-7,12-13,17H,8-11,14H2,1-2H3. The molecule has 0 saturated carbocycles. The van der Waals surface area contributed by atoms with Crippen LogP contribution in [0.1, 0.15) is 30.1 Å². The number of nitrogens with zero attached hydrogens (tertiary/aromatic N) is 2. The number of likely N-dealkylation sites (tertiary alicyclic amines) is 1. The van der Waals surface area contributed by atoms with Gasteiger partial charge in [0.25, 0.3) is 0 Å². The second kappa shape index (κ2) is 7.58. The fourth-order valence-corrected chi connectivity index (χ4v) is 3.34. The van der Waals surface area contributed by atoms with E-state index in [1.54, 1.807) is 7.11 Å². The Bertz CT molecular complexity index is 692. The highest BCUT2D eigenvalue weighted by atomic mass is 16.5. The molecule has 1 fully saturated rings. The molecular weight excluding hydrogens is 300 g/mol. The van der Waals surface area contributed by atoms with Crippen LogP contribution in [0.4, 0.5) is 0 Å². The second-order valence-electron chi connectivity index (χ2n) is 6.38. The van der Waals surface area contributed by atoms with Gasteiger partial charge in [-0.25, -0.2) is 0 Å². The summed E-state index contributed by atoms with van der Waals surface area (Å²) in [5.74, 6) is 0.497. The molecule has 126 valence electrons. The van der Waals surface area contributed by atoms with Crippen molar-refractivity contribution in [2.24, 2.45) is 0 Å². The summed E-state index contributed by atoms with van der Waals surface area (Å²) in [6.07, 6.45) is 1.92. The largest absolute Gasteiger partial charge is 0.375 e. The number of hydrogen-bond donors (Lipinski definition) is 0. The number of methoxy groups -OCH3 is 1. The molecule has 0 unspecified atom stereocenters. The van der Waals surface area contributed by atoms with Gasteiger partial charge in [0, 0.05) is 37.5 Å². The van der Waals surface area contributed by atoms with Crippen molar-refractivity contribution in [3.8, 4) is 11.1 Å². The fourth-order valence-electron chi connectivity index (χ4n) is 3.34. The van der Waals surface area contributed by atoms with Crippen LogP contribution in [0.5, 0.6) is 0 Å². The van der Waals surface area contributed by atoms with Crippen molar-refractivity contribution in [3.05, 3.63) is 53.9 Å². The van der Waals surface area contributed by atoms with E-state index in [2.05, 4.69) is 36.4 Å². The Morgan fingerprint density at radius 2 is 1.88 bits per heavy atom. The second-order valence-corrected chi connectivity index (χ2v) is 6.38. The van der Waals surface area contributed by atoms with Crippen LogP contribution in [0.25, 0.3) is 11.1 Å². The molecular formula is C20H24N2O2. The van der Waals surface area contributed by atoms with E-state index in [4.69, 9.17) is 9.72 Å². The van der Waals surface area contributed by atoms with Gasteiger partial charge in [-0.05, 0) is 43.0 Å². The normalized spacial score (nSPS) is 15.5. The minimum Gasteiger partial charge on any atom is -0.375 e. The zero-order chi connectivity index (χ0) is 16.9. The van der Waals surface area contributed by atoms with Crippen LogP contribution in [-0.4, -0.2) is 42.6 Å². The van der Waals surface area contributed by atoms with Crippen molar-refractivity contribution in [3.63, 3.8) is 0 Å². The van der Waals surface area contributed by atoms with E-state index in [0.717, 1.165) is 37.3 Å². The summed E-state index contributed by atoms with van der Waals surface area (Å²) >= 11 is 0. The molecule has 4 heteroatoms. The Morgan fingerprint density at radius 3 is 2.54 bits per heavy atom. The maximum atomic E-state index is 11.9. The van der Waals surface area contributed by atoms with Gasteiger partial charge in [-0.15, -0.1) is 0 Å². The fraction of sp³-hybridized carbons (Fsp3) is 0.400. The molecule has 0 N–H and O–H groups in total. The van der Waals surface area contributed by atoms with Gasteiger partial charge in [-0.2, -0.15) is 0 Å². The average Bonchev–Trinajstić information content (AvgIpc) is 2.62. The molecule has 2 aromatic rings. The first kappa shape index (κ1) is 16.7. The minimum absolute atomic E-state index is 0.0816. The summed E-state index contributed by atoms with van der Waals surface area (Å²) in [4.78, 5) is 18.6. The Labute approximate surface area is 143 Å². The minimum atomic E-state index is 0.0816. The molecule has 1 aromatic heterocycles. The lowest BCUT2D eigenvalue weighted by atomic mass is 9.91.